The number of carbonyl (C=O) groups excluding carboxylic acids is 1. The van der Waals surface area contributed by atoms with E-state index in [0.29, 0.717) is 5.16 Å². The molecule has 1 heterocycles. The third-order valence-corrected chi connectivity index (χ3v) is 5.46. The van der Waals surface area contributed by atoms with E-state index in [2.05, 4.69) is 20.8 Å². The first-order valence-electron chi connectivity index (χ1n) is 8.00. The molecule has 2 aromatic carbocycles. The monoisotopic (exact) mass is 385 g/mol. The number of rotatable bonds is 6. The number of hydrogen-bond acceptors (Lipinski definition) is 6. The van der Waals surface area contributed by atoms with Crippen LogP contribution >= 0.6 is 23.5 Å². The van der Waals surface area contributed by atoms with E-state index in [-0.39, 0.29) is 11.7 Å². The van der Waals surface area contributed by atoms with Gasteiger partial charge in [-0.15, -0.1) is 16.9 Å². The largest absolute Gasteiger partial charge is 0.324 e. The van der Waals surface area contributed by atoms with Crippen molar-refractivity contribution in [1.82, 2.24) is 20.2 Å². The van der Waals surface area contributed by atoms with Gasteiger partial charge in [0.2, 0.25) is 11.1 Å². The molecule has 0 atom stereocenters. The Labute approximate surface area is 160 Å². The van der Waals surface area contributed by atoms with Crippen LogP contribution in [0, 0.1) is 13.8 Å². The highest BCUT2D eigenvalue weighted by Crippen LogP contribution is 2.25. The highest BCUT2D eigenvalue weighted by Gasteiger charge is 2.14. The highest BCUT2D eigenvalue weighted by atomic mass is 32.2. The molecule has 134 valence electrons. The van der Waals surface area contributed by atoms with Crippen LogP contribution in [-0.2, 0) is 4.79 Å². The SMILES string of the molecule is CSc1ccccc1NC(=O)CSc1nnnn1-c1cc(C)ccc1C. The maximum Gasteiger partial charge on any atom is 0.234 e. The predicted molar refractivity (Wildman–Crippen MR) is 106 cm³/mol. The lowest BCUT2D eigenvalue weighted by molar-refractivity contribution is -0.113. The first-order chi connectivity index (χ1) is 12.6. The summed E-state index contributed by atoms with van der Waals surface area (Å²) in [5.41, 5.74) is 3.94. The smallest absolute Gasteiger partial charge is 0.234 e. The predicted octanol–water partition coefficient (Wildman–Crippen LogP) is 3.73. The molecule has 0 bridgehead atoms. The second kappa shape index (κ2) is 8.37. The number of nitrogens with one attached hydrogen (secondary N) is 1. The second-order valence-corrected chi connectivity index (χ2v) is 7.49. The van der Waals surface area contributed by atoms with E-state index in [1.54, 1.807) is 16.4 Å². The van der Waals surface area contributed by atoms with Crippen molar-refractivity contribution in [1.29, 1.82) is 0 Å². The van der Waals surface area contributed by atoms with Crippen LogP contribution in [0.1, 0.15) is 11.1 Å². The Morgan fingerprint density at radius 2 is 2.00 bits per heavy atom. The van der Waals surface area contributed by atoms with E-state index in [1.807, 2.05) is 62.6 Å². The number of carbonyl (C=O) groups is 1. The van der Waals surface area contributed by atoms with Crippen molar-refractivity contribution >= 4 is 35.1 Å². The summed E-state index contributed by atoms with van der Waals surface area (Å²) in [6.45, 7) is 4.04. The Bertz CT molecular complexity index is 925. The summed E-state index contributed by atoms with van der Waals surface area (Å²) in [7, 11) is 0. The third kappa shape index (κ3) is 4.25. The van der Waals surface area contributed by atoms with E-state index in [1.165, 1.54) is 11.8 Å². The molecule has 26 heavy (non-hydrogen) atoms. The van der Waals surface area contributed by atoms with Crippen LogP contribution in [0.2, 0.25) is 0 Å². The number of aryl methyl sites for hydroxylation is 2. The summed E-state index contributed by atoms with van der Waals surface area (Å²) in [4.78, 5) is 13.4. The molecule has 1 N–H and O–H groups in total. The van der Waals surface area contributed by atoms with Crippen LogP contribution in [0.15, 0.2) is 52.5 Å². The number of benzene rings is 2. The second-order valence-electron chi connectivity index (χ2n) is 5.70. The van der Waals surface area contributed by atoms with Crippen molar-refractivity contribution in [3.8, 4) is 5.69 Å². The molecule has 0 aliphatic carbocycles. The average molecular weight is 386 g/mol. The van der Waals surface area contributed by atoms with Crippen molar-refractivity contribution in [2.24, 2.45) is 0 Å². The minimum atomic E-state index is -0.0907. The molecule has 0 radical (unpaired) electrons. The number of tetrazole rings is 1. The molecule has 0 unspecified atom stereocenters. The standard InChI is InChI=1S/C18H19N5OS2/c1-12-8-9-13(2)15(10-12)23-18(20-21-22-23)26-11-17(24)19-14-6-4-5-7-16(14)25-3/h4-10H,11H2,1-3H3,(H,19,24). The van der Waals surface area contributed by atoms with Crippen LogP contribution in [0.5, 0.6) is 0 Å². The van der Waals surface area contributed by atoms with Gasteiger partial charge in [-0.2, -0.15) is 4.68 Å². The van der Waals surface area contributed by atoms with Crippen LogP contribution in [0.25, 0.3) is 5.69 Å². The van der Waals surface area contributed by atoms with Crippen molar-refractivity contribution < 1.29 is 4.79 Å². The molecule has 0 saturated carbocycles. The minimum Gasteiger partial charge on any atom is -0.324 e. The van der Waals surface area contributed by atoms with Crippen molar-refractivity contribution in [3.63, 3.8) is 0 Å². The van der Waals surface area contributed by atoms with Gasteiger partial charge in [-0.25, -0.2) is 0 Å². The molecule has 0 aliphatic heterocycles. The number of thioether (sulfide) groups is 2. The first-order valence-corrected chi connectivity index (χ1v) is 10.2. The Morgan fingerprint density at radius 1 is 1.19 bits per heavy atom. The number of nitrogens with zero attached hydrogens (tertiary/aromatic N) is 4. The molecule has 0 aliphatic rings. The molecule has 0 saturated heterocycles. The van der Waals surface area contributed by atoms with E-state index in [9.17, 15) is 4.79 Å². The summed E-state index contributed by atoms with van der Waals surface area (Å²) in [6, 6.07) is 13.9. The molecule has 1 amide bonds. The van der Waals surface area contributed by atoms with Gasteiger partial charge < -0.3 is 5.32 Å². The Kier molecular flexibility index (Phi) is 5.95. The summed E-state index contributed by atoms with van der Waals surface area (Å²) in [5, 5.41) is 15.4. The molecular formula is C18H19N5OS2. The topological polar surface area (TPSA) is 72.7 Å². The van der Waals surface area contributed by atoms with Crippen molar-refractivity contribution in [2.75, 3.05) is 17.3 Å². The van der Waals surface area contributed by atoms with Gasteiger partial charge in [-0.1, -0.05) is 36.0 Å². The first kappa shape index (κ1) is 18.5. The Balaban J connectivity index is 1.70. The van der Waals surface area contributed by atoms with Crippen LogP contribution in [-0.4, -0.2) is 38.1 Å². The molecule has 6 nitrogen and oxygen atoms in total. The molecule has 3 rings (SSSR count). The fourth-order valence-electron chi connectivity index (χ4n) is 2.43. The molecule has 1 aromatic heterocycles. The molecule has 3 aromatic rings. The van der Waals surface area contributed by atoms with Crippen LogP contribution < -0.4 is 5.32 Å². The zero-order chi connectivity index (χ0) is 18.5. The van der Waals surface area contributed by atoms with Gasteiger partial charge in [0.15, 0.2) is 0 Å². The highest BCUT2D eigenvalue weighted by molar-refractivity contribution is 7.99. The third-order valence-electron chi connectivity index (χ3n) is 3.75. The Morgan fingerprint density at radius 3 is 2.81 bits per heavy atom. The number of hydrogen-bond donors (Lipinski definition) is 1. The van der Waals surface area contributed by atoms with E-state index >= 15 is 0 Å². The van der Waals surface area contributed by atoms with Gasteiger partial charge >= 0.3 is 0 Å². The van der Waals surface area contributed by atoms with Gasteiger partial charge in [-0.3, -0.25) is 4.79 Å². The maximum absolute atomic E-state index is 12.3. The zero-order valence-corrected chi connectivity index (χ0v) is 16.4. The fraction of sp³-hybridized carbons (Fsp3) is 0.222. The van der Waals surface area contributed by atoms with Crippen molar-refractivity contribution in [3.05, 3.63) is 53.6 Å². The van der Waals surface area contributed by atoms with Gasteiger partial charge in [-0.05, 0) is 59.9 Å². The van der Waals surface area contributed by atoms with Crippen LogP contribution in [0.4, 0.5) is 5.69 Å². The van der Waals surface area contributed by atoms with Crippen LogP contribution in [0.3, 0.4) is 0 Å². The number of amides is 1. The minimum absolute atomic E-state index is 0.0907. The fourth-order valence-corrected chi connectivity index (χ4v) is 3.67. The van der Waals surface area contributed by atoms with Gasteiger partial charge in [0.05, 0.1) is 17.1 Å². The maximum atomic E-state index is 12.3. The zero-order valence-electron chi connectivity index (χ0n) is 14.8. The van der Waals surface area contributed by atoms with E-state index < -0.39 is 0 Å². The average Bonchev–Trinajstić information content (AvgIpc) is 3.11. The lowest BCUT2D eigenvalue weighted by Gasteiger charge is -2.10. The summed E-state index contributed by atoms with van der Waals surface area (Å²) in [5.74, 6) is 0.139. The summed E-state index contributed by atoms with van der Waals surface area (Å²) in [6.07, 6.45) is 1.98. The number of aromatic nitrogens is 4. The van der Waals surface area contributed by atoms with E-state index in [4.69, 9.17) is 0 Å². The Hall–Kier alpha value is -2.32. The van der Waals surface area contributed by atoms with Gasteiger partial charge in [0.25, 0.3) is 0 Å². The molecule has 0 fully saturated rings. The quantitative estimate of drug-likeness (QED) is 0.652. The lowest BCUT2D eigenvalue weighted by Crippen LogP contribution is -2.15. The number of para-hydroxylation sites is 1. The van der Waals surface area contributed by atoms with Gasteiger partial charge in [0, 0.05) is 4.90 Å². The lowest BCUT2D eigenvalue weighted by atomic mass is 10.1. The molecule has 8 heteroatoms. The van der Waals surface area contributed by atoms with Gasteiger partial charge in [0.1, 0.15) is 0 Å². The molecular weight excluding hydrogens is 366 g/mol. The van der Waals surface area contributed by atoms with E-state index in [0.717, 1.165) is 27.4 Å². The number of anilines is 1. The molecule has 0 spiro atoms. The summed E-state index contributed by atoms with van der Waals surface area (Å²) >= 11 is 2.91. The summed E-state index contributed by atoms with van der Waals surface area (Å²) < 4.78 is 1.68. The normalized spacial score (nSPS) is 10.7. The van der Waals surface area contributed by atoms with Crippen molar-refractivity contribution in [2.45, 2.75) is 23.9 Å².